The van der Waals surface area contributed by atoms with Crippen molar-refractivity contribution in [1.29, 1.82) is 0 Å². The summed E-state index contributed by atoms with van der Waals surface area (Å²) < 4.78 is 1.66. The first-order valence-electron chi connectivity index (χ1n) is 7.38. The van der Waals surface area contributed by atoms with Crippen LogP contribution in [0, 0.1) is 0 Å². The molecule has 2 rings (SSSR count). The zero-order chi connectivity index (χ0) is 15.1. The van der Waals surface area contributed by atoms with Crippen molar-refractivity contribution in [2.45, 2.75) is 38.6 Å². The maximum Gasteiger partial charge on any atom is 0.285 e. The molecule has 5 nitrogen and oxygen atoms in total. The molecule has 2 amide bonds. The summed E-state index contributed by atoms with van der Waals surface area (Å²) in [6, 6.07) is 3.34. The molecule has 1 heterocycles. The van der Waals surface area contributed by atoms with E-state index in [0.29, 0.717) is 12.1 Å². The number of primary amides is 1. The lowest BCUT2D eigenvalue weighted by Gasteiger charge is -2.12. The summed E-state index contributed by atoms with van der Waals surface area (Å²) in [5, 5.41) is 2.91. The van der Waals surface area contributed by atoms with Crippen LogP contribution >= 0.6 is 0 Å². The zero-order valence-electron chi connectivity index (χ0n) is 12.2. The van der Waals surface area contributed by atoms with Crippen molar-refractivity contribution in [2.75, 3.05) is 6.54 Å². The van der Waals surface area contributed by atoms with Gasteiger partial charge in [-0.15, -0.1) is 0 Å². The van der Waals surface area contributed by atoms with Gasteiger partial charge in [-0.25, -0.2) is 0 Å². The number of hydrogen-bond donors (Lipinski definition) is 2. The van der Waals surface area contributed by atoms with E-state index < -0.39 is 5.91 Å². The van der Waals surface area contributed by atoms with Gasteiger partial charge in [-0.1, -0.05) is 11.6 Å². The van der Waals surface area contributed by atoms with Crippen LogP contribution in [0.4, 0.5) is 0 Å². The van der Waals surface area contributed by atoms with Crippen LogP contribution in [-0.4, -0.2) is 18.4 Å². The summed E-state index contributed by atoms with van der Waals surface area (Å²) >= 11 is 0. The van der Waals surface area contributed by atoms with Crippen LogP contribution in [0.25, 0.3) is 0 Å². The number of pyridine rings is 1. The molecule has 5 heteroatoms. The average molecular weight is 288 g/mol. The zero-order valence-corrected chi connectivity index (χ0v) is 12.2. The number of nitrogens with zero attached hydrogens (tertiary/aromatic N) is 1. The van der Waals surface area contributed by atoms with Crippen LogP contribution < -0.4 is 15.6 Å². The molecular weight excluding hydrogens is 266 g/mol. The number of aromatic nitrogens is 1. The molecule has 0 fully saturated rings. The van der Waals surface area contributed by atoms with Gasteiger partial charge in [-0.3, -0.25) is 9.59 Å². The smallest absolute Gasteiger partial charge is 0.285 e. The normalized spacial score (nSPS) is 14.4. The molecule has 21 heavy (non-hydrogen) atoms. The van der Waals surface area contributed by atoms with Crippen molar-refractivity contribution in [2.24, 2.45) is 5.73 Å². The van der Waals surface area contributed by atoms with Gasteiger partial charge in [0.25, 0.3) is 11.8 Å². The van der Waals surface area contributed by atoms with Gasteiger partial charge in [0.05, 0.1) is 0 Å². The van der Waals surface area contributed by atoms with Gasteiger partial charge in [0.1, 0.15) is 5.56 Å². The van der Waals surface area contributed by atoms with E-state index in [1.807, 2.05) is 0 Å². The standard InChI is InChI=1S/C16H21N3O2/c17-16(21)14-7-4-10-19(11-14)12-15(20)18-9-8-13-5-2-1-3-6-13/h4-5,7,10-11H,1-3,6,8-9,12H2,(H2-,17,18,20,21)/p+1. The summed E-state index contributed by atoms with van der Waals surface area (Å²) in [6.45, 7) is 0.862. The Kier molecular flexibility index (Phi) is 5.49. The largest absolute Gasteiger partial charge is 0.365 e. The molecule has 0 spiro atoms. The van der Waals surface area contributed by atoms with E-state index >= 15 is 0 Å². The molecule has 112 valence electrons. The second-order valence-corrected chi connectivity index (χ2v) is 5.34. The predicted molar refractivity (Wildman–Crippen MR) is 79.3 cm³/mol. The van der Waals surface area contributed by atoms with Gasteiger partial charge in [0.15, 0.2) is 12.4 Å². The third-order valence-electron chi connectivity index (χ3n) is 3.62. The maximum absolute atomic E-state index is 11.9. The number of amides is 2. The van der Waals surface area contributed by atoms with Crippen molar-refractivity contribution in [3.05, 3.63) is 41.7 Å². The summed E-state index contributed by atoms with van der Waals surface area (Å²) in [5.41, 5.74) is 7.07. The fourth-order valence-corrected chi connectivity index (χ4v) is 2.48. The van der Waals surface area contributed by atoms with E-state index in [2.05, 4.69) is 11.4 Å². The fraction of sp³-hybridized carbons (Fsp3) is 0.438. The minimum Gasteiger partial charge on any atom is -0.365 e. The van der Waals surface area contributed by atoms with Crippen LogP contribution in [0.5, 0.6) is 0 Å². The molecule has 0 aliphatic heterocycles. The van der Waals surface area contributed by atoms with Crippen molar-refractivity contribution in [1.82, 2.24) is 5.32 Å². The SMILES string of the molecule is NC(=O)c1ccc[n+](CC(=O)NCCC2=CCCCC2)c1. The molecule has 0 bridgehead atoms. The van der Waals surface area contributed by atoms with Crippen LogP contribution in [-0.2, 0) is 11.3 Å². The maximum atomic E-state index is 11.9. The Labute approximate surface area is 124 Å². The first kappa shape index (κ1) is 15.2. The molecule has 0 atom stereocenters. The third kappa shape index (κ3) is 5.02. The number of carbonyl (C=O) groups is 2. The summed E-state index contributed by atoms with van der Waals surface area (Å²) in [7, 11) is 0. The summed E-state index contributed by atoms with van der Waals surface area (Å²) in [4.78, 5) is 23.0. The topological polar surface area (TPSA) is 76.1 Å². The lowest BCUT2D eigenvalue weighted by atomic mass is 9.97. The van der Waals surface area contributed by atoms with Crippen molar-refractivity contribution >= 4 is 11.8 Å². The van der Waals surface area contributed by atoms with Crippen molar-refractivity contribution < 1.29 is 14.2 Å². The molecule has 0 aromatic carbocycles. The minimum atomic E-state index is -0.492. The van der Waals surface area contributed by atoms with Gasteiger partial charge in [0, 0.05) is 12.6 Å². The monoisotopic (exact) mass is 288 g/mol. The van der Waals surface area contributed by atoms with E-state index in [1.165, 1.54) is 24.8 Å². The Morgan fingerprint density at radius 1 is 1.33 bits per heavy atom. The quantitative estimate of drug-likeness (QED) is 0.607. The number of allylic oxidation sites excluding steroid dienone is 1. The van der Waals surface area contributed by atoms with Gasteiger partial charge in [-0.05, 0) is 38.2 Å². The van der Waals surface area contributed by atoms with E-state index in [4.69, 9.17) is 5.73 Å². The molecule has 0 unspecified atom stereocenters. The highest BCUT2D eigenvalue weighted by Gasteiger charge is 2.12. The third-order valence-corrected chi connectivity index (χ3v) is 3.62. The fourth-order valence-electron chi connectivity index (χ4n) is 2.48. The molecule has 0 saturated carbocycles. The molecule has 1 aromatic rings. The molecule has 1 aromatic heterocycles. The molecule has 3 N–H and O–H groups in total. The van der Waals surface area contributed by atoms with Gasteiger partial charge in [-0.2, -0.15) is 4.57 Å². The van der Waals surface area contributed by atoms with E-state index in [0.717, 1.165) is 12.8 Å². The highest BCUT2D eigenvalue weighted by molar-refractivity contribution is 5.92. The number of hydrogen-bond acceptors (Lipinski definition) is 2. The Hall–Kier alpha value is -2.17. The Morgan fingerprint density at radius 2 is 2.19 bits per heavy atom. The first-order valence-corrected chi connectivity index (χ1v) is 7.38. The highest BCUT2D eigenvalue weighted by Crippen LogP contribution is 2.19. The lowest BCUT2D eigenvalue weighted by Crippen LogP contribution is -2.43. The average Bonchev–Trinajstić information content (AvgIpc) is 2.48. The highest BCUT2D eigenvalue weighted by atomic mass is 16.2. The van der Waals surface area contributed by atoms with Gasteiger partial charge in [0.2, 0.25) is 6.54 Å². The Balaban J connectivity index is 1.77. The van der Waals surface area contributed by atoms with Crippen LogP contribution in [0.2, 0.25) is 0 Å². The predicted octanol–water partition coefficient (Wildman–Crippen LogP) is 1.08. The molecule has 1 aliphatic carbocycles. The number of nitrogens with one attached hydrogen (secondary N) is 1. The van der Waals surface area contributed by atoms with E-state index in [1.54, 1.807) is 29.1 Å². The number of rotatable bonds is 6. The summed E-state index contributed by atoms with van der Waals surface area (Å²) in [6.07, 6.45) is 11.4. The molecule has 1 aliphatic rings. The van der Waals surface area contributed by atoms with Crippen LogP contribution in [0.3, 0.4) is 0 Å². The van der Waals surface area contributed by atoms with Crippen molar-refractivity contribution in [3.8, 4) is 0 Å². The second-order valence-electron chi connectivity index (χ2n) is 5.34. The lowest BCUT2D eigenvalue weighted by molar-refractivity contribution is -0.684. The number of nitrogens with two attached hydrogens (primary N) is 1. The molecular formula is C16H22N3O2+. The summed E-state index contributed by atoms with van der Waals surface area (Å²) in [5.74, 6) is -0.549. The van der Waals surface area contributed by atoms with Gasteiger partial charge < -0.3 is 11.1 Å². The van der Waals surface area contributed by atoms with Gasteiger partial charge >= 0.3 is 0 Å². The van der Waals surface area contributed by atoms with Crippen molar-refractivity contribution in [3.63, 3.8) is 0 Å². The molecule has 0 radical (unpaired) electrons. The number of carbonyl (C=O) groups excluding carboxylic acids is 2. The van der Waals surface area contributed by atoms with Crippen LogP contribution in [0.1, 0.15) is 42.5 Å². The first-order chi connectivity index (χ1) is 10.1. The Morgan fingerprint density at radius 3 is 2.90 bits per heavy atom. The minimum absolute atomic E-state index is 0.0574. The van der Waals surface area contributed by atoms with Crippen LogP contribution in [0.15, 0.2) is 36.2 Å². The second kappa shape index (κ2) is 7.57. The van der Waals surface area contributed by atoms with E-state index in [-0.39, 0.29) is 12.5 Å². The Bertz CT molecular complexity index is 552. The molecule has 0 saturated heterocycles. The van der Waals surface area contributed by atoms with E-state index in [9.17, 15) is 9.59 Å².